The Morgan fingerprint density at radius 3 is 1.36 bits per heavy atom. The van der Waals surface area contributed by atoms with E-state index in [2.05, 4.69) is 10.6 Å². The van der Waals surface area contributed by atoms with Crippen LogP contribution in [0.15, 0.2) is 12.1 Å². The molecule has 6 nitrogen and oxygen atoms in total. The average molecular weight is 335 g/mol. The highest BCUT2D eigenvalue weighted by Crippen LogP contribution is 2.40. The molecule has 0 saturated heterocycles. The van der Waals surface area contributed by atoms with Crippen LogP contribution in [-0.4, -0.2) is 23.6 Å². The molecular weight excluding hydrogens is 331 g/mol. The van der Waals surface area contributed by atoms with E-state index in [0.717, 1.165) is 0 Å². The van der Waals surface area contributed by atoms with Crippen molar-refractivity contribution in [2.75, 3.05) is 0 Å². The highest BCUT2D eigenvalue weighted by Gasteiger charge is 2.36. The minimum atomic E-state index is -0.680. The van der Waals surface area contributed by atoms with Gasteiger partial charge in [0.05, 0.1) is 32.3 Å². The van der Waals surface area contributed by atoms with Crippen molar-refractivity contribution in [3.05, 3.63) is 44.4 Å². The Morgan fingerprint density at radius 2 is 1.00 bits per heavy atom. The fourth-order valence-electron chi connectivity index (χ4n) is 2.84. The number of carbonyl (C=O) groups excluding carboxylic acids is 4. The Kier molecular flexibility index (Phi) is 2.44. The molecule has 2 N–H and O–H groups in total. The second-order valence-electron chi connectivity index (χ2n) is 4.88. The van der Waals surface area contributed by atoms with Crippen LogP contribution in [-0.2, 0) is 0 Å². The summed E-state index contributed by atoms with van der Waals surface area (Å²) in [7, 11) is 0. The van der Waals surface area contributed by atoms with Crippen LogP contribution in [0, 0.1) is 0 Å². The van der Waals surface area contributed by atoms with Crippen molar-refractivity contribution in [3.63, 3.8) is 0 Å². The summed E-state index contributed by atoms with van der Waals surface area (Å²) in [5.74, 6) is -2.67. The van der Waals surface area contributed by atoms with Crippen molar-refractivity contribution in [2.45, 2.75) is 0 Å². The van der Waals surface area contributed by atoms with Gasteiger partial charge in [-0.05, 0) is 12.1 Å². The molecule has 0 bridgehead atoms. The second kappa shape index (κ2) is 4.06. The first kappa shape index (κ1) is 13.2. The normalized spacial score (nSPS) is 15.9. The molecule has 0 radical (unpaired) electrons. The molecule has 4 rings (SSSR count). The summed E-state index contributed by atoms with van der Waals surface area (Å²) >= 11 is 12.2. The lowest BCUT2D eigenvalue weighted by molar-refractivity contribution is 0.0823. The standard InChI is InChI=1S/C14H4Cl2N2O4/c15-5-1-3-7-8-4(12(20)18-13(21)9(5)8)2-6(16)10(7)14(22)17-11(3)19/h1-2H,(H,17,19,22)(H,18,20,21). The first-order valence-corrected chi connectivity index (χ1v) is 6.86. The molecule has 2 aromatic carbocycles. The van der Waals surface area contributed by atoms with E-state index in [9.17, 15) is 19.2 Å². The van der Waals surface area contributed by atoms with Crippen molar-refractivity contribution in [2.24, 2.45) is 0 Å². The maximum absolute atomic E-state index is 12.0. The summed E-state index contributed by atoms with van der Waals surface area (Å²) in [5, 5.41) is 4.71. The molecule has 22 heavy (non-hydrogen) atoms. The molecule has 0 aromatic heterocycles. The first-order valence-electron chi connectivity index (χ1n) is 6.10. The van der Waals surface area contributed by atoms with Crippen molar-refractivity contribution >= 4 is 57.6 Å². The van der Waals surface area contributed by atoms with Crippen LogP contribution >= 0.6 is 23.2 Å². The van der Waals surface area contributed by atoms with Gasteiger partial charge in [0.25, 0.3) is 23.6 Å². The molecule has 108 valence electrons. The SMILES string of the molecule is O=C1NC(=O)c2c(Cl)cc3c4c(c(Cl)cc1c24)C(=O)NC3=O. The van der Waals surface area contributed by atoms with Gasteiger partial charge in [0.1, 0.15) is 0 Å². The van der Waals surface area contributed by atoms with Gasteiger partial charge in [0, 0.05) is 10.8 Å². The molecule has 0 spiro atoms. The molecule has 2 aromatic rings. The average Bonchev–Trinajstić information content (AvgIpc) is 2.43. The van der Waals surface area contributed by atoms with Gasteiger partial charge >= 0.3 is 0 Å². The van der Waals surface area contributed by atoms with Crippen LogP contribution in [0.4, 0.5) is 0 Å². The largest absolute Gasteiger partial charge is 0.288 e. The van der Waals surface area contributed by atoms with Gasteiger partial charge in [-0.3, -0.25) is 29.8 Å². The van der Waals surface area contributed by atoms with Crippen molar-refractivity contribution in [3.8, 4) is 0 Å². The third kappa shape index (κ3) is 1.45. The van der Waals surface area contributed by atoms with Gasteiger partial charge in [0.15, 0.2) is 0 Å². The highest BCUT2D eigenvalue weighted by atomic mass is 35.5. The van der Waals surface area contributed by atoms with Crippen molar-refractivity contribution in [1.82, 2.24) is 10.6 Å². The Bertz CT molecular complexity index is 902. The van der Waals surface area contributed by atoms with E-state index < -0.39 is 23.6 Å². The van der Waals surface area contributed by atoms with E-state index in [1.54, 1.807) is 0 Å². The summed E-state index contributed by atoms with van der Waals surface area (Å²) < 4.78 is 0. The maximum atomic E-state index is 12.0. The zero-order valence-electron chi connectivity index (χ0n) is 10.5. The molecule has 0 unspecified atom stereocenters. The van der Waals surface area contributed by atoms with Crippen LogP contribution in [0.1, 0.15) is 41.4 Å². The number of carbonyl (C=O) groups is 4. The van der Waals surface area contributed by atoms with Gasteiger partial charge in [0.2, 0.25) is 0 Å². The van der Waals surface area contributed by atoms with E-state index in [4.69, 9.17) is 23.2 Å². The molecule has 0 fully saturated rings. The summed E-state index contributed by atoms with van der Waals surface area (Å²) in [6.45, 7) is 0. The van der Waals surface area contributed by atoms with Crippen LogP contribution in [0.25, 0.3) is 10.8 Å². The molecule has 0 saturated carbocycles. The quantitative estimate of drug-likeness (QED) is 0.720. The third-order valence-electron chi connectivity index (χ3n) is 3.71. The molecule has 2 heterocycles. The minimum Gasteiger partial charge on any atom is -0.288 e. The summed E-state index contributed by atoms with van der Waals surface area (Å²) in [4.78, 5) is 48.1. The number of benzene rings is 2. The van der Waals surface area contributed by atoms with Gasteiger partial charge in [-0.2, -0.15) is 0 Å². The van der Waals surface area contributed by atoms with E-state index in [1.165, 1.54) is 12.1 Å². The minimum absolute atomic E-state index is 0.0199. The number of hydrogen-bond acceptors (Lipinski definition) is 4. The monoisotopic (exact) mass is 334 g/mol. The molecule has 2 aliphatic heterocycles. The number of halogens is 2. The van der Waals surface area contributed by atoms with Gasteiger partial charge in [-0.25, -0.2) is 0 Å². The van der Waals surface area contributed by atoms with E-state index >= 15 is 0 Å². The summed E-state index contributed by atoms with van der Waals surface area (Å²) in [6.07, 6.45) is 0. The molecule has 8 heteroatoms. The Labute approximate surface area is 132 Å². The molecule has 0 atom stereocenters. The van der Waals surface area contributed by atoms with Crippen molar-refractivity contribution in [1.29, 1.82) is 0 Å². The smallest absolute Gasteiger partial charge is 0.260 e. The zero-order chi connectivity index (χ0) is 15.8. The Hall–Kier alpha value is -2.44. The predicted molar refractivity (Wildman–Crippen MR) is 77.6 cm³/mol. The number of amides is 4. The summed E-state index contributed by atoms with van der Waals surface area (Å²) in [5.41, 5.74) is 0.306. The predicted octanol–water partition coefficient (Wildman–Crippen LogP) is 1.91. The fourth-order valence-corrected chi connectivity index (χ4v) is 3.42. The maximum Gasteiger partial charge on any atom is 0.260 e. The lowest BCUT2D eigenvalue weighted by atomic mass is 9.87. The molecule has 2 aliphatic rings. The molecule has 0 aliphatic carbocycles. The lowest BCUT2D eigenvalue weighted by Gasteiger charge is -2.24. The second-order valence-corrected chi connectivity index (χ2v) is 5.69. The van der Waals surface area contributed by atoms with Gasteiger partial charge in [-0.15, -0.1) is 0 Å². The van der Waals surface area contributed by atoms with E-state index in [0.29, 0.717) is 0 Å². The van der Waals surface area contributed by atoms with E-state index in [-0.39, 0.29) is 43.1 Å². The number of rotatable bonds is 0. The highest BCUT2D eigenvalue weighted by molar-refractivity contribution is 6.44. The number of nitrogens with one attached hydrogen (secondary N) is 2. The number of hydrogen-bond donors (Lipinski definition) is 2. The van der Waals surface area contributed by atoms with E-state index in [1.807, 2.05) is 0 Å². The lowest BCUT2D eigenvalue weighted by Crippen LogP contribution is -2.39. The van der Waals surface area contributed by atoms with Crippen LogP contribution < -0.4 is 10.6 Å². The number of imide groups is 2. The van der Waals surface area contributed by atoms with Gasteiger partial charge in [-0.1, -0.05) is 23.2 Å². The molecular formula is C14H4Cl2N2O4. The van der Waals surface area contributed by atoms with Crippen LogP contribution in [0.5, 0.6) is 0 Å². The zero-order valence-corrected chi connectivity index (χ0v) is 12.1. The van der Waals surface area contributed by atoms with Crippen molar-refractivity contribution < 1.29 is 19.2 Å². The first-order chi connectivity index (χ1) is 10.4. The Balaban J connectivity index is 2.36. The van der Waals surface area contributed by atoms with Gasteiger partial charge < -0.3 is 0 Å². The van der Waals surface area contributed by atoms with Crippen LogP contribution in [0.3, 0.4) is 0 Å². The fraction of sp³-hybridized carbons (Fsp3) is 0. The molecule has 4 amide bonds. The third-order valence-corrected chi connectivity index (χ3v) is 4.30. The summed E-state index contributed by atoms with van der Waals surface area (Å²) in [6, 6.07) is 2.58. The van der Waals surface area contributed by atoms with Crippen LogP contribution in [0.2, 0.25) is 10.0 Å². The Morgan fingerprint density at radius 1 is 0.636 bits per heavy atom. The topological polar surface area (TPSA) is 92.3 Å².